The maximum absolute atomic E-state index is 4.21. The molecule has 70 valence electrons. The van der Waals surface area contributed by atoms with Crippen LogP contribution in [0.2, 0.25) is 0 Å². The number of aryl methyl sites for hydroxylation is 1. The lowest BCUT2D eigenvalue weighted by atomic mass is 10.2. The van der Waals surface area contributed by atoms with Gasteiger partial charge in [0.25, 0.3) is 0 Å². The minimum Gasteiger partial charge on any atom is -0.261 e. The predicted octanol–water partition coefficient (Wildman–Crippen LogP) is 2.61. The van der Waals surface area contributed by atoms with Gasteiger partial charge in [-0.05, 0) is 35.0 Å². The maximum Gasteiger partial charge on any atom is 0.161 e. The van der Waals surface area contributed by atoms with Gasteiger partial charge in [0.05, 0.1) is 4.47 Å². The normalized spacial score (nSPS) is 10.1. The van der Waals surface area contributed by atoms with Crippen molar-refractivity contribution in [3.63, 3.8) is 0 Å². The Morgan fingerprint density at radius 2 is 1.86 bits per heavy atom. The molecule has 4 heteroatoms. The Bertz CT molecular complexity index is 439. The van der Waals surface area contributed by atoms with Crippen molar-refractivity contribution >= 4 is 15.9 Å². The summed E-state index contributed by atoms with van der Waals surface area (Å²) in [5, 5.41) is 0. The summed E-state index contributed by atoms with van der Waals surface area (Å²) in [4.78, 5) is 12.6. The van der Waals surface area contributed by atoms with Gasteiger partial charge in [0, 0.05) is 29.8 Å². The molecule has 0 amide bonds. The van der Waals surface area contributed by atoms with Crippen LogP contribution in [0.5, 0.6) is 0 Å². The quantitative estimate of drug-likeness (QED) is 0.780. The molecule has 0 unspecified atom stereocenters. The van der Waals surface area contributed by atoms with E-state index in [4.69, 9.17) is 0 Å². The first kappa shape index (κ1) is 9.27. The predicted molar refractivity (Wildman–Crippen MR) is 57.7 cm³/mol. The van der Waals surface area contributed by atoms with E-state index in [0.29, 0.717) is 5.82 Å². The van der Waals surface area contributed by atoms with Gasteiger partial charge in [-0.3, -0.25) is 4.98 Å². The Morgan fingerprint density at radius 1 is 1.14 bits per heavy atom. The van der Waals surface area contributed by atoms with Crippen LogP contribution < -0.4 is 0 Å². The van der Waals surface area contributed by atoms with Crippen LogP contribution in [-0.2, 0) is 0 Å². The van der Waals surface area contributed by atoms with Crippen LogP contribution in [0.1, 0.15) is 5.69 Å². The largest absolute Gasteiger partial charge is 0.261 e. The zero-order valence-corrected chi connectivity index (χ0v) is 9.19. The highest BCUT2D eigenvalue weighted by atomic mass is 79.9. The van der Waals surface area contributed by atoms with E-state index in [2.05, 4.69) is 30.9 Å². The molecule has 0 aliphatic heterocycles. The third-order valence-electron chi connectivity index (χ3n) is 1.87. The van der Waals surface area contributed by atoms with Crippen LogP contribution in [0.15, 0.2) is 35.2 Å². The zero-order valence-electron chi connectivity index (χ0n) is 7.61. The molecule has 0 atom stereocenters. The topological polar surface area (TPSA) is 38.7 Å². The van der Waals surface area contributed by atoms with E-state index in [9.17, 15) is 0 Å². The van der Waals surface area contributed by atoms with E-state index in [-0.39, 0.29) is 0 Å². The second-order valence-electron chi connectivity index (χ2n) is 2.86. The highest BCUT2D eigenvalue weighted by Gasteiger charge is 2.03. The van der Waals surface area contributed by atoms with Gasteiger partial charge < -0.3 is 0 Å². The molecule has 0 saturated carbocycles. The smallest absolute Gasteiger partial charge is 0.161 e. The van der Waals surface area contributed by atoms with Crippen LogP contribution in [0.25, 0.3) is 11.4 Å². The summed E-state index contributed by atoms with van der Waals surface area (Å²) in [6, 6.07) is 3.85. The second-order valence-corrected chi connectivity index (χ2v) is 3.78. The second kappa shape index (κ2) is 3.84. The Labute approximate surface area is 90.4 Å². The highest BCUT2D eigenvalue weighted by Crippen LogP contribution is 2.17. The molecule has 0 saturated heterocycles. The van der Waals surface area contributed by atoms with E-state index in [1.165, 1.54) is 0 Å². The molecule has 0 aliphatic carbocycles. The van der Waals surface area contributed by atoms with Crippen molar-refractivity contribution in [1.29, 1.82) is 0 Å². The summed E-state index contributed by atoms with van der Waals surface area (Å²) in [7, 11) is 0. The van der Waals surface area contributed by atoms with E-state index in [1.807, 2.05) is 19.1 Å². The summed E-state index contributed by atoms with van der Waals surface area (Å²) in [6.45, 7) is 1.95. The van der Waals surface area contributed by atoms with Crippen LogP contribution in [0.4, 0.5) is 0 Å². The zero-order chi connectivity index (χ0) is 9.97. The van der Waals surface area contributed by atoms with Crippen LogP contribution >= 0.6 is 15.9 Å². The van der Waals surface area contributed by atoms with E-state index in [1.54, 1.807) is 18.6 Å². The van der Waals surface area contributed by atoms with Crippen LogP contribution in [0.3, 0.4) is 0 Å². The summed E-state index contributed by atoms with van der Waals surface area (Å²) >= 11 is 3.30. The Hall–Kier alpha value is -1.29. The Morgan fingerprint density at radius 3 is 2.50 bits per heavy atom. The first-order valence-electron chi connectivity index (χ1n) is 4.17. The van der Waals surface area contributed by atoms with Crippen molar-refractivity contribution in [1.82, 2.24) is 15.0 Å². The number of pyridine rings is 1. The van der Waals surface area contributed by atoms with Gasteiger partial charge in [0.2, 0.25) is 0 Å². The van der Waals surface area contributed by atoms with E-state index < -0.39 is 0 Å². The van der Waals surface area contributed by atoms with Gasteiger partial charge >= 0.3 is 0 Å². The van der Waals surface area contributed by atoms with E-state index in [0.717, 1.165) is 15.7 Å². The van der Waals surface area contributed by atoms with Gasteiger partial charge in [0.1, 0.15) is 0 Å². The summed E-state index contributed by atoms with van der Waals surface area (Å²) in [6.07, 6.45) is 5.22. The van der Waals surface area contributed by atoms with Gasteiger partial charge in [-0.25, -0.2) is 9.97 Å². The molecule has 14 heavy (non-hydrogen) atoms. The lowest BCUT2D eigenvalue weighted by Gasteiger charge is -2.01. The molecule has 0 aromatic carbocycles. The molecule has 3 nitrogen and oxygen atoms in total. The first-order valence-corrected chi connectivity index (χ1v) is 4.96. The van der Waals surface area contributed by atoms with E-state index >= 15 is 0 Å². The third kappa shape index (κ3) is 1.80. The molecule has 0 bridgehead atoms. The molecule has 0 spiro atoms. The number of halogens is 1. The van der Waals surface area contributed by atoms with Gasteiger partial charge in [0.15, 0.2) is 5.82 Å². The number of aromatic nitrogens is 3. The lowest BCUT2D eigenvalue weighted by Crippen LogP contribution is -1.92. The minimum absolute atomic E-state index is 0.707. The average Bonchev–Trinajstić information content (AvgIpc) is 2.20. The standard InChI is InChI=1S/C10H8BrN3/c1-7-9(3-2-4-12-7)10-13-5-8(11)6-14-10/h2-6H,1H3. The van der Waals surface area contributed by atoms with Gasteiger partial charge in [-0.15, -0.1) is 0 Å². The van der Waals surface area contributed by atoms with Crippen molar-refractivity contribution in [3.05, 3.63) is 40.9 Å². The molecule has 0 fully saturated rings. The van der Waals surface area contributed by atoms with Crippen molar-refractivity contribution in [3.8, 4) is 11.4 Å². The Balaban J connectivity index is 2.50. The SMILES string of the molecule is Cc1ncccc1-c1ncc(Br)cn1. The van der Waals surface area contributed by atoms with Crippen molar-refractivity contribution < 1.29 is 0 Å². The Kier molecular flexibility index (Phi) is 2.54. The molecule has 0 aliphatic rings. The van der Waals surface area contributed by atoms with Crippen LogP contribution in [0, 0.1) is 6.92 Å². The molecule has 2 aromatic heterocycles. The molecule has 2 aromatic rings. The number of hydrogen-bond donors (Lipinski definition) is 0. The first-order chi connectivity index (χ1) is 6.77. The molecule has 2 heterocycles. The summed E-state index contributed by atoms with van der Waals surface area (Å²) in [5.74, 6) is 0.707. The number of rotatable bonds is 1. The third-order valence-corrected chi connectivity index (χ3v) is 2.28. The fourth-order valence-corrected chi connectivity index (χ4v) is 1.38. The molecule has 2 rings (SSSR count). The number of nitrogens with zero attached hydrogens (tertiary/aromatic N) is 3. The highest BCUT2D eigenvalue weighted by molar-refractivity contribution is 9.10. The van der Waals surface area contributed by atoms with Gasteiger partial charge in [-0.1, -0.05) is 0 Å². The number of hydrogen-bond acceptors (Lipinski definition) is 3. The molecule has 0 N–H and O–H groups in total. The molecular weight excluding hydrogens is 242 g/mol. The molecule has 0 radical (unpaired) electrons. The fourth-order valence-electron chi connectivity index (χ4n) is 1.17. The minimum atomic E-state index is 0.707. The van der Waals surface area contributed by atoms with Crippen LogP contribution in [-0.4, -0.2) is 15.0 Å². The fraction of sp³-hybridized carbons (Fsp3) is 0.100. The summed E-state index contributed by atoms with van der Waals surface area (Å²) < 4.78 is 0.878. The van der Waals surface area contributed by atoms with Crippen molar-refractivity contribution in [2.45, 2.75) is 6.92 Å². The molecular formula is C10H8BrN3. The maximum atomic E-state index is 4.21. The average molecular weight is 250 g/mol. The monoisotopic (exact) mass is 249 g/mol. The lowest BCUT2D eigenvalue weighted by molar-refractivity contribution is 1.12. The summed E-state index contributed by atoms with van der Waals surface area (Å²) in [5.41, 5.74) is 1.91. The van der Waals surface area contributed by atoms with Crippen molar-refractivity contribution in [2.75, 3.05) is 0 Å². The van der Waals surface area contributed by atoms with Gasteiger partial charge in [-0.2, -0.15) is 0 Å². The van der Waals surface area contributed by atoms with Crippen molar-refractivity contribution in [2.24, 2.45) is 0 Å².